The molecule has 4 rings (SSSR count). The normalized spacial score (nSPS) is 22.8. The summed E-state index contributed by atoms with van der Waals surface area (Å²) in [5, 5.41) is 10.6. The molecule has 5 heteroatoms. The van der Waals surface area contributed by atoms with Gasteiger partial charge < -0.3 is 9.84 Å². The van der Waals surface area contributed by atoms with Gasteiger partial charge in [0.25, 0.3) is 0 Å². The van der Waals surface area contributed by atoms with E-state index in [4.69, 9.17) is 4.74 Å². The number of amides is 2. The van der Waals surface area contributed by atoms with Gasteiger partial charge in [-0.05, 0) is 24.0 Å². The third kappa shape index (κ3) is 4.26. The van der Waals surface area contributed by atoms with Crippen molar-refractivity contribution in [1.82, 2.24) is 4.90 Å². The van der Waals surface area contributed by atoms with Crippen molar-refractivity contribution in [3.63, 3.8) is 0 Å². The van der Waals surface area contributed by atoms with E-state index in [0.29, 0.717) is 0 Å². The van der Waals surface area contributed by atoms with E-state index in [2.05, 4.69) is 0 Å². The summed E-state index contributed by atoms with van der Waals surface area (Å²) >= 11 is 0. The Kier molecular flexibility index (Phi) is 6.07. The molecule has 2 fully saturated rings. The molecule has 0 aromatic heterocycles. The second kappa shape index (κ2) is 8.89. The third-order valence-electron chi connectivity index (χ3n) is 5.99. The number of rotatable bonds is 7. The van der Waals surface area contributed by atoms with E-state index >= 15 is 0 Å². The van der Waals surface area contributed by atoms with Gasteiger partial charge >= 0.3 is 0 Å². The molecule has 1 aliphatic carbocycles. The quantitative estimate of drug-likeness (QED) is 0.733. The van der Waals surface area contributed by atoms with Crippen LogP contribution in [0.5, 0.6) is 0 Å². The van der Waals surface area contributed by atoms with E-state index in [0.717, 1.165) is 36.8 Å². The highest BCUT2D eigenvalue weighted by Crippen LogP contribution is 2.38. The SMILES string of the molecule is O=C1[C@H]2CCCC[C@H]2C(=O)N1C[C@@H](O)COC(c1ccccc1)c1ccccc1. The molecule has 2 aliphatic rings. The van der Waals surface area contributed by atoms with Crippen LogP contribution >= 0.6 is 0 Å². The van der Waals surface area contributed by atoms with Crippen LogP contribution in [0.4, 0.5) is 0 Å². The van der Waals surface area contributed by atoms with E-state index in [9.17, 15) is 14.7 Å². The van der Waals surface area contributed by atoms with Crippen molar-refractivity contribution >= 4 is 11.8 Å². The Morgan fingerprint density at radius 1 is 0.862 bits per heavy atom. The minimum atomic E-state index is -0.919. The first-order chi connectivity index (χ1) is 14.1. The van der Waals surface area contributed by atoms with Crippen molar-refractivity contribution in [3.8, 4) is 0 Å². The van der Waals surface area contributed by atoms with Crippen molar-refractivity contribution in [2.45, 2.75) is 37.9 Å². The number of fused-ring (bicyclic) bond motifs is 1. The lowest BCUT2D eigenvalue weighted by Gasteiger charge is -2.23. The van der Waals surface area contributed by atoms with E-state index in [1.165, 1.54) is 4.90 Å². The Bertz CT molecular complexity index is 775. The highest BCUT2D eigenvalue weighted by Gasteiger charge is 2.48. The summed E-state index contributed by atoms with van der Waals surface area (Å²) in [4.78, 5) is 26.5. The molecule has 0 bridgehead atoms. The molecule has 1 saturated carbocycles. The maximum absolute atomic E-state index is 12.6. The fourth-order valence-corrected chi connectivity index (χ4v) is 4.52. The molecule has 5 nitrogen and oxygen atoms in total. The van der Waals surface area contributed by atoms with Gasteiger partial charge in [-0.25, -0.2) is 0 Å². The third-order valence-corrected chi connectivity index (χ3v) is 5.99. The molecule has 0 spiro atoms. The molecule has 0 radical (unpaired) electrons. The van der Waals surface area contributed by atoms with E-state index < -0.39 is 6.10 Å². The number of carbonyl (C=O) groups excluding carboxylic acids is 2. The van der Waals surface area contributed by atoms with Crippen LogP contribution in [-0.2, 0) is 14.3 Å². The fraction of sp³-hybridized carbons (Fsp3) is 0.417. The van der Waals surface area contributed by atoms with Crippen molar-refractivity contribution in [3.05, 3.63) is 71.8 Å². The second-order valence-electron chi connectivity index (χ2n) is 7.97. The summed E-state index contributed by atoms with van der Waals surface area (Å²) < 4.78 is 6.08. The largest absolute Gasteiger partial charge is 0.389 e. The Balaban J connectivity index is 1.41. The highest BCUT2D eigenvalue weighted by molar-refractivity contribution is 6.05. The molecule has 152 valence electrons. The minimum absolute atomic E-state index is 0.000958. The van der Waals surface area contributed by atoms with Gasteiger partial charge in [-0.2, -0.15) is 0 Å². The summed E-state index contributed by atoms with van der Waals surface area (Å²) in [5.74, 6) is -0.626. The summed E-state index contributed by atoms with van der Waals surface area (Å²) in [6.07, 6.45) is 2.31. The van der Waals surface area contributed by atoms with Gasteiger partial charge in [-0.3, -0.25) is 14.5 Å². The zero-order valence-electron chi connectivity index (χ0n) is 16.4. The van der Waals surface area contributed by atoms with Gasteiger partial charge in [-0.1, -0.05) is 73.5 Å². The lowest BCUT2D eigenvalue weighted by Crippen LogP contribution is -2.39. The molecule has 0 unspecified atom stereocenters. The molecular weight excluding hydrogens is 366 g/mol. The second-order valence-corrected chi connectivity index (χ2v) is 7.97. The number of ether oxygens (including phenoxy) is 1. The number of carbonyl (C=O) groups is 2. The number of β-amino-alcohol motifs (C(OH)–C–C–N with tert-alkyl or cyclic N) is 1. The summed E-state index contributed by atoms with van der Waals surface area (Å²) in [7, 11) is 0. The monoisotopic (exact) mass is 393 g/mol. The first-order valence-electron chi connectivity index (χ1n) is 10.4. The smallest absolute Gasteiger partial charge is 0.233 e. The summed E-state index contributed by atoms with van der Waals surface area (Å²) in [6.45, 7) is 0.0435. The average Bonchev–Trinajstić information content (AvgIpc) is 3.00. The Morgan fingerprint density at radius 3 is 1.83 bits per heavy atom. The van der Waals surface area contributed by atoms with Crippen LogP contribution in [0, 0.1) is 11.8 Å². The number of aliphatic hydroxyl groups excluding tert-OH is 1. The first kappa shape index (κ1) is 19.8. The predicted molar refractivity (Wildman–Crippen MR) is 109 cm³/mol. The van der Waals surface area contributed by atoms with Gasteiger partial charge in [0, 0.05) is 0 Å². The van der Waals surface area contributed by atoms with Crippen LogP contribution in [-0.4, -0.2) is 41.1 Å². The minimum Gasteiger partial charge on any atom is -0.389 e. The molecule has 1 N–H and O–H groups in total. The lowest BCUT2D eigenvalue weighted by atomic mass is 9.81. The number of hydrogen-bond acceptors (Lipinski definition) is 4. The number of likely N-dealkylation sites (tertiary alicyclic amines) is 1. The van der Waals surface area contributed by atoms with Crippen molar-refractivity contribution in [2.24, 2.45) is 11.8 Å². The summed E-state index contributed by atoms with van der Waals surface area (Å²) in [6, 6.07) is 19.7. The molecule has 2 amide bonds. The van der Waals surface area contributed by atoms with Crippen LogP contribution < -0.4 is 0 Å². The van der Waals surface area contributed by atoms with Gasteiger partial charge in [0.05, 0.1) is 31.1 Å². The standard InChI is InChI=1S/C24H27NO4/c26-19(15-25-23(27)20-13-7-8-14-21(20)24(25)28)16-29-22(17-9-3-1-4-10-17)18-11-5-2-6-12-18/h1-6,9-12,19-22,26H,7-8,13-16H2/t19-,20-,21+/m1/s1. The molecule has 1 heterocycles. The average molecular weight is 393 g/mol. The van der Waals surface area contributed by atoms with E-state index in [1.807, 2.05) is 60.7 Å². The Morgan fingerprint density at radius 2 is 1.34 bits per heavy atom. The molecular formula is C24H27NO4. The zero-order chi connectivity index (χ0) is 20.2. The molecule has 29 heavy (non-hydrogen) atoms. The first-order valence-corrected chi connectivity index (χ1v) is 10.4. The number of benzene rings is 2. The molecule has 1 aliphatic heterocycles. The van der Waals surface area contributed by atoms with Crippen LogP contribution in [0.15, 0.2) is 60.7 Å². The van der Waals surface area contributed by atoms with Crippen molar-refractivity contribution in [2.75, 3.05) is 13.2 Å². The Labute approximate surface area is 171 Å². The lowest BCUT2D eigenvalue weighted by molar-refractivity contribution is -0.142. The fourth-order valence-electron chi connectivity index (χ4n) is 4.52. The predicted octanol–water partition coefficient (Wildman–Crippen LogP) is 3.33. The number of nitrogens with zero attached hydrogens (tertiary/aromatic N) is 1. The van der Waals surface area contributed by atoms with Crippen molar-refractivity contribution < 1.29 is 19.4 Å². The number of imide groups is 1. The maximum Gasteiger partial charge on any atom is 0.233 e. The van der Waals surface area contributed by atoms with E-state index in [-0.39, 0.29) is 42.9 Å². The van der Waals surface area contributed by atoms with Crippen LogP contribution in [0.25, 0.3) is 0 Å². The molecule has 3 atom stereocenters. The molecule has 1 saturated heterocycles. The van der Waals surface area contributed by atoms with Crippen molar-refractivity contribution in [1.29, 1.82) is 0 Å². The zero-order valence-corrected chi connectivity index (χ0v) is 16.4. The number of hydrogen-bond donors (Lipinski definition) is 1. The Hall–Kier alpha value is -2.50. The van der Waals surface area contributed by atoms with Crippen LogP contribution in [0.3, 0.4) is 0 Å². The highest BCUT2D eigenvalue weighted by atomic mass is 16.5. The van der Waals surface area contributed by atoms with Gasteiger partial charge in [-0.15, -0.1) is 0 Å². The van der Waals surface area contributed by atoms with E-state index in [1.54, 1.807) is 0 Å². The van der Waals surface area contributed by atoms with Crippen LogP contribution in [0.2, 0.25) is 0 Å². The molecule has 2 aromatic rings. The van der Waals surface area contributed by atoms with Gasteiger partial charge in [0.2, 0.25) is 11.8 Å². The summed E-state index contributed by atoms with van der Waals surface area (Å²) in [5.41, 5.74) is 1.98. The van der Waals surface area contributed by atoms with Gasteiger partial charge in [0.15, 0.2) is 0 Å². The van der Waals surface area contributed by atoms with Gasteiger partial charge in [0.1, 0.15) is 6.10 Å². The van der Waals surface area contributed by atoms with Crippen LogP contribution in [0.1, 0.15) is 42.9 Å². The number of aliphatic hydroxyl groups is 1. The maximum atomic E-state index is 12.6. The molecule has 2 aromatic carbocycles. The topological polar surface area (TPSA) is 66.8 Å².